The van der Waals surface area contributed by atoms with E-state index in [0.717, 1.165) is 30.5 Å². The summed E-state index contributed by atoms with van der Waals surface area (Å²) in [5, 5.41) is 3.98. The zero-order valence-electron chi connectivity index (χ0n) is 12.9. The lowest BCUT2D eigenvalue weighted by atomic mass is 10.2. The molecule has 0 radical (unpaired) electrons. The maximum atomic E-state index is 12.3. The summed E-state index contributed by atoms with van der Waals surface area (Å²) in [6.45, 7) is 9.09. The number of benzene rings is 1. The Hall–Kier alpha value is -2.01. The van der Waals surface area contributed by atoms with E-state index < -0.39 is 0 Å². The summed E-state index contributed by atoms with van der Waals surface area (Å²) in [7, 11) is 0. The maximum absolute atomic E-state index is 12.3. The van der Waals surface area contributed by atoms with Gasteiger partial charge in [-0.2, -0.15) is 0 Å². The van der Waals surface area contributed by atoms with Crippen LogP contribution < -0.4 is 11.1 Å². The van der Waals surface area contributed by atoms with Gasteiger partial charge in [0.25, 0.3) is 5.91 Å². The van der Waals surface area contributed by atoms with Crippen LogP contribution in [0.2, 0.25) is 0 Å². The highest BCUT2D eigenvalue weighted by Crippen LogP contribution is 2.21. The molecule has 0 aliphatic heterocycles. The number of nitrogens with two attached hydrogens (primary N) is 1. The monoisotopic (exact) mass is 288 g/mol. The van der Waals surface area contributed by atoms with Crippen molar-refractivity contribution in [1.82, 2.24) is 15.2 Å². The van der Waals surface area contributed by atoms with Crippen LogP contribution in [0.15, 0.2) is 24.3 Å². The quantitative estimate of drug-likeness (QED) is 0.713. The number of carbonyl (C=O) groups excluding carboxylic acids is 1. The van der Waals surface area contributed by atoms with Crippen LogP contribution in [0.5, 0.6) is 0 Å². The summed E-state index contributed by atoms with van der Waals surface area (Å²) in [6.07, 6.45) is 0. The van der Waals surface area contributed by atoms with E-state index in [1.807, 2.05) is 31.2 Å². The lowest BCUT2D eigenvalue weighted by Gasteiger charge is -2.23. The van der Waals surface area contributed by atoms with Crippen molar-refractivity contribution in [2.24, 2.45) is 0 Å². The Kier molecular flexibility index (Phi) is 4.85. The highest BCUT2D eigenvalue weighted by molar-refractivity contribution is 6.00. The van der Waals surface area contributed by atoms with E-state index >= 15 is 0 Å². The lowest BCUT2D eigenvalue weighted by Crippen LogP contribution is -2.42. The highest BCUT2D eigenvalue weighted by Gasteiger charge is 2.14. The van der Waals surface area contributed by atoms with E-state index in [1.54, 1.807) is 0 Å². The first kappa shape index (κ1) is 15.4. The minimum Gasteiger partial charge on any atom is -0.397 e. The number of hydrogen-bond donors (Lipinski definition) is 3. The fraction of sp³-hybridized carbons (Fsp3) is 0.438. The van der Waals surface area contributed by atoms with E-state index in [2.05, 4.69) is 29.0 Å². The fourth-order valence-electron chi connectivity index (χ4n) is 2.52. The number of fused-ring (bicyclic) bond motifs is 1. The van der Waals surface area contributed by atoms with Gasteiger partial charge in [-0.15, -0.1) is 0 Å². The number of nitrogen functional groups attached to an aromatic ring is 1. The molecule has 0 saturated heterocycles. The highest BCUT2D eigenvalue weighted by atomic mass is 16.1. The van der Waals surface area contributed by atoms with Crippen molar-refractivity contribution < 1.29 is 4.79 Å². The standard InChI is InChI=1S/C16H24N4O/c1-4-20(5-2)10-11(3)18-16(21)14-9-12-7-6-8-13(17)15(12)19-14/h6-9,11,19H,4-5,10,17H2,1-3H3,(H,18,21). The van der Waals surface area contributed by atoms with Gasteiger partial charge in [0.1, 0.15) is 5.69 Å². The maximum Gasteiger partial charge on any atom is 0.267 e. The number of H-pyrrole nitrogens is 1. The normalized spacial score (nSPS) is 12.8. The van der Waals surface area contributed by atoms with Gasteiger partial charge in [0.05, 0.1) is 11.2 Å². The van der Waals surface area contributed by atoms with Crippen LogP contribution in [0.25, 0.3) is 10.9 Å². The van der Waals surface area contributed by atoms with Crippen LogP contribution in [-0.2, 0) is 0 Å². The molecule has 4 N–H and O–H groups in total. The molecule has 1 unspecified atom stereocenters. The predicted octanol–water partition coefficient (Wildman–Crippen LogP) is 2.21. The number of nitrogens with zero attached hydrogens (tertiary/aromatic N) is 1. The molecule has 2 rings (SSSR count). The second-order valence-corrected chi connectivity index (χ2v) is 5.35. The first-order valence-corrected chi connectivity index (χ1v) is 7.45. The van der Waals surface area contributed by atoms with Gasteiger partial charge in [0.15, 0.2) is 0 Å². The van der Waals surface area contributed by atoms with E-state index in [0.29, 0.717) is 11.4 Å². The van der Waals surface area contributed by atoms with Gasteiger partial charge in [0.2, 0.25) is 0 Å². The van der Waals surface area contributed by atoms with Gasteiger partial charge in [-0.25, -0.2) is 0 Å². The predicted molar refractivity (Wildman–Crippen MR) is 87.4 cm³/mol. The summed E-state index contributed by atoms with van der Waals surface area (Å²) in [5.41, 5.74) is 7.93. The molecule has 2 aromatic rings. The molecule has 5 nitrogen and oxygen atoms in total. The summed E-state index contributed by atoms with van der Waals surface area (Å²) < 4.78 is 0. The summed E-state index contributed by atoms with van der Waals surface area (Å²) in [6, 6.07) is 7.59. The average Bonchev–Trinajstić information content (AvgIpc) is 2.90. The zero-order chi connectivity index (χ0) is 15.4. The summed E-state index contributed by atoms with van der Waals surface area (Å²) in [5.74, 6) is -0.0924. The van der Waals surface area contributed by atoms with Crippen LogP contribution in [-0.4, -0.2) is 41.5 Å². The number of carbonyl (C=O) groups is 1. The second kappa shape index (κ2) is 6.63. The third kappa shape index (κ3) is 3.55. The van der Waals surface area contributed by atoms with E-state index in [1.165, 1.54) is 0 Å². The largest absolute Gasteiger partial charge is 0.397 e. The van der Waals surface area contributed by atoms with Gasteiger partial charge in [-0.1, -0.05) is 26.0 Å². The van der Waals surface area contributed by atoms with Crippen molar-refractivity contribution in [1.29, 1.82) is 0 Å². The van der Waals surface area contributed by atoms with Crippen LogP contribution in [0, 0.1) is 0 Å². The number of aromatic nitrogens is 1. The van der Waals surface area contributed by atoms with Crippen molar-refractivity contribution in [2.45, 2.75) is 26.8 Å². The Morgan fingerprint density at radius 3 is 2.71 bits per heavy atom. The number of hydrogen-bond acceptors (Lipinski definition) is 3. The molecule has 1 atom stereocenters. The number of likely N-dealkylation sites (N-methyl/N-ethyl adjacent to an activating group) is 1. The first-order valence-electron chi connectivity index (χ1n) is 7.45. The third-order valence-corrected chi connectivity index (χ3v) is 3.74. The molecule has 1 aromatic carbocycles. The SMILES string of the molecule is CCN(CC)CC(C)NC(=O)c1cc2cccc(N)c2[nH]1. The van der Waals surface area contributed by atoms with Crippen molar-refractivity contribution in [3.63, 3.8) is 0 Å². The molecule has 0 aliphatic carbocycles. The molecule has 21 heavy (non-hydrogen) atoms. The van der Waals surface area contributed by atoms with Crippen molar-refractivity contribution in [3.8, 4) is 0 Å². The Labute approximate surface area is 125 Å². The molecule has 0 aliphatic rings. The van der Waals surface area contributed by atoms with Gasteiger partial charge >= 0.3 is 0 Å². The zero-order valence-corrected chi connectivity index (χ0v) is 12.9. The van der Waals surface area contributed by atoms with Gasteiger partial charge in [-0.05, 0) is 32.1 Å². The second-order valence-electron chi connectivity index (χ2n) is 5.35. The van der Waals surface area contributed by atoms with Crippen LogP contribution in [0.4, 0.5) is 5.69 Å². The molecule has 1 heterocycles. The Morgan fingerprint density at radius 1 is 1.38 bits per heavy atom. The number of rotatable bonds is 6. The van der Waals surface area contributed by atoms with Crippen LogP contribution >= 0.6 is 0 Å². The van der Waals surface area contributed by atoms with E-state index in [-0.39, 0.29) is 11.9 Å². The fourth-order valence-corrected chi connectivity index (χ4v) is 2.52. The van der Waals surface area contributed by atoms with Crippen LogP contribution in [0.1, 0.15) is 31.3 Å². The molecule has 0 bridgehead atoms. The van der Waals surface area contributed by atoms with Crippen LogP contribution in [0.3, 0.4) is 0 Å². The minimum atomic E-state index is -0.0924. The van der Waals surface area contributed by atoms with Gasteiger partial charge in [-0.3, -0.25) is 4.79 Å². The van der Waals surface area contributed by atoms with Crippen molar-refractivity contribution in [3.05, 3.63) is 30.0 Å². The number of para-hydroxylation sites is 1. The number of aromatic amines is 1. The molecule has 0 saturated carbocycles. The number of anilines is 1. The molecule has 0 spiro atoms. The molecule has 1 aromatic heterocycles. The molecular weight excluding hydrogens is 264 g/mol. The number of amides is 1. The smallest absolute Gasteiger partial charge is 0.267 e. The van der Waals surface area contributed by atoms with Gasteiger partial charge in [0, 0.05) is 18.0 Å². The van der Waals surface area contributed by atoms with E-state index in [4.69, 9.17) is 5.73 Å². The minimum absolute atomic E-state index is 0.0924. The number of nitrogens with one attached hydrogen (secondary N) is 2. The Bertz CT molecular complexity index is 616. The average molecular weight is 288 g/mol. The summed E-state index contributed by atoms with van der Waals surface area (Å²) >= 11 is 0. The Balaban J connectivity index is 2.06. The van der Waals surface area contributed by atoms with Crippen molar-refractivity contribution >= 4 is 22.5 Å². The molecule has 114 valence electrons. The first-order chi connectivity index (χ1) is 10.0. The topological polar surface area (TPSA) is 74.2 Å². The van der Waals surface area contributed by atoms with Gasteiger partial charge < -0.3 is 20.9 Å². The third-order valence-electron chi connectivity index (χ3n) is 3.74. The van der Waals surface area contributed by atoms with E-state index in [9.17, 15) is 4.79 Å². The molecule has 5 heteroatoms. The molecule has 0 fully saturated rings. The molecule has 1 amide bonds. The molecular formula is C16H24N4O. The summed E-state index contributed by atoms with van der Waals surface area (Å²) in [4.78, 5) is 17.7. The lowest BCUT2D eigenvalue weighted by molar-refractivity contribution is 0.0926. The van der Waals surface area contributed by atoms with Crippen molar-refractivity contribution in [2.75, 3.05) is 25.4 Å². The Morgan fingerprint density at radius 2 is 2.10 bits per heavy atom.